The summed E-state index contributed by atoms with van der Waals surface area (Å²) in [5, 5.41) is 3.61. The summed E-state index contributed by atoms with van der Waals surface area (Å²) in [5.41, 5.74) is 0. The molecule has 2 rings (SSSR count). The molecule has 0 saturated heterocycles. The van der Waals surface area contributed by atoms with E-state index in [0.717, 1.165) is 18.4 Å². The highest BCUT2D eigenvalue weighted by Gasteiger charge is 2.21. The van der Waals surface area contributed by atoms with Crippen LogP contribution in [0, 0.1) is 11.8 Å². The Labute approximate surface area is 99.9 Å². The number of amidine groups is 1. The zero-order chi connectivity index (χ0) is 11.2. The van der Waals surface area contributed by atoms with Crippen molar-refractivity contribution in [1.82, 2.24) is 5.32 Å². The van der Waals surface area contributed by atoms with Gasteiger partial charge in [-0.25, -0.2) is 0 Å². The van der Waals surface area contributed by atoms with E-state index in [1.807, 2.05) is 0 Å². The van der Waals surface area contributed by atoms with Crippen molar-refractivity contribution >= 4 is 5.84 Å². The van der Waals surface area contributed by atoms with Gasteiger partial charge in [-0.05, 0) is 31.1 Å². The summed E-state index contributed by atoms with van der Waals surface area (Å²) in [6.45, 7) is 4.63. The lowest BCUT2D eigenvalue weighted by Gasteiger charge is -2.29. The van der Waals surface area contributed by atoms with E-state index in [9.17, 15) is 0 Å². The molecule has 2 nitrogen and oxygen atoms in total. The van der Waals surface area contributed by atoms with Crippen molar-refractivity contribution in [3.8, 4) is 0 Å². The van der Waals surface area contributed by atoms with Crippen molar-refractivity contribution in [2.24, 2.45) is 16.8 Å². The number of hydrogen-bond donors (Lipinski definition) is 1. The van der Waals surface area contributed by atoms with Gasteiger partial charge in [0.1, 0.15) is 0 Å². The first-order valence-electron chi connectivity index (χ1n) is 7.13. The average molecular weight is 222 g/mol. The molecule has 0 aromatic carbocycles. The first-order valence-corrected chi connectivity index (χ1v) is 7.13. The Kier molecular flexibility index (Phi) is 4.68. The van der Waals surface area contributed by atoms with Crippen molar-refractivity contribution in [2.75, 3.05) is 13.1 Å². The summed E-state index contributed by atoms with van der Waals surface area (Å²) < 4.78 is 0. The summed E-state index contributed by atoms with van der Waals surface area (Å²) in [5.74, 6) is 3.09. The van der Waals surface area contributed by atoms with Crippen LogP contribution in [0.4, 0.5) is 0 Å². The zero-order valence-electron chi connectivity index (χ0n) is 10.7. The van der Waals surface area contributed by atoms with Crippen LogP contribution in [0.1, 0.15) is 58.3 Å². The highest BCUT2D eigenvalue weighted by atomic mass is 15.0. The first-order chi connectivity index (χ1) is 7.86. The Bertz CT molecular complexity index is 235. The highest BCUT2D eigenvalue weighted by Crippen LogP contribution is 2.28. The normalized spacial score (nSPS) is 31.7. The van der Waals surface area contributed by atoms with Crippen molar-refractivity contribution in [2.45, 2.75) is 58.3 Å². The van der Waals surface area contributed by atoms with E-state index in [0.29, 0.717) is 0 Å². The Morgan fingerprint density at radius 1 is 1.12 bits per heavy atom. The maximum absolute atomic E-state index is 4.64. The predicted molar refractivity (Wildman–Crippen MR) is 69.9 cm³/mol. The molecule has 1 aliphatic heterocycles. The molecule has 2 aliphatic rings. The fourth-order valence-corrected chi connectivity index (χ4v) is 2.96. The standard InChI is InChI=1S/C14H26N2/c1-12-7-4-5-8-13(12)11-16-14-9-3-2-6-10-15-14/h12-13H,2-11H2,1H3,(H,15,16). The third kappa shape index (κ3) is 3.50. The number of rotatable bonds is 2. The average Bonchev–Trinajstić information content (AvgIpc) is 2.56. The molecule has 0 spiro atoms. The lowest BCUT2D eigenvalue weighted by Crippen LogP contribution is -2.33. The minimum absolute atomic E-state index is 0.889. The Hall–Kier alpha value is -0.530. The highest BCUT2D eigenvalue weighted by molar-refractivity contribution is 5.82. The Morgan fingerprint density at radius 2 is 2.00 bits per heavy atom. The van der Waals surface area contributed by atoms with E-state index in [-0.39, 0.29) is 0 Å². The van der Waals surface area contributed by atoms with E-state index < -0.39 is 0 Å². The fourth-order valence-electron chi connectivity index (χ4n) is 2.96. The second kappa shape index (κ2) is 6.27. The molecular weight excluding hydrogens is 196 g/mol. The van der Waals surface area contributed by atoms with E-state index in [1.165, 1.54) is 63.7 Å². The van der Waals surface area contributed by atoms with Crippen LogP contribution >= 0.6 is 0 Å². The van der Waals surface area contributed by atoms with Gasteiger partial charge in [-0.2, -0.15) is 0 Å². The molecule has 92 valence electrons. The van der Waals surface area contributed by atoms with Crippen LogP contribution in [-0.2, 0) is 0 Å². The van der Waals surface area contributed by atoms with Crippen LogP contribution in [0.15, 0.2) is 4.99 Å². The van der Waals surface area contributed by atoms with E-state index in [4.69, 9.17) is 0 Å². The second-order valence-electron chi connectivity index (χ2n) is 5.54. The molecule has 2 atom stereocenters. The summed E-state index contributed by atoms with van der Waals surface area (Å²) in [6.07, 6.45) is 10.9. The molecular formula is C14H26N2. The van der Waals surface area contributed by atoms with Crippen LogP contribution in [0.2, 0.25) is 0 Å². The molecule has 1 aliphatic carbocycles. The maximum Gasteiger partial charge on any atom is 0.0963 e. The minimum atomic E-state index is 0.889. The molecule has 1 heterocycles. The van der Waals surface area contributed by atoms with E-state index in [1.54, 1.807) is 0 Å². The van der Waals surface area contributed by atoms with Gasteiger partial charge in [-0.15, -0.1) is 0 Å². The number of aliphatic imine (C=N–C) groups is 1. The van der Waals surface area contributed by atoms with Gasteiger partial charge in [0.05, 0.1) is 5.84 Å². The molecule has 2 unspecified atom stereocenters. The molecule has 0 amide bonds. The van der Waals surface area contributed by atoms with Gasteiger partial charge >= 0.3 is 0 Å². The molecule has 1 fully saturated rings. The SMILES string of the molecule is CC1CCCCC1CNC1=NCCCCC1. The van der Waals surface area contributed by atoms with E-state index >= 15 is 0 Å². The summed E-state index contributed by atoms with van der Waals surface area (Å²) in [7, 11) is 0. The predicted octanol–water partition coefficient (Wildman–Crippen LogP) is 3.37. The topological polar surface area (TPSA) is 24.4 Å². The van der Waals surface area contributed by atoms with Gasteiger partial charge in [0, 0.05) is 19.5 Å². The van der Waals surface area contributed by atoms with Crippen molar-refractivity contribution in [1.29, 1.82) is 0 Å². The van der Waals surface area contributed by atoms with Crippen LogP contribution in [0.25, 0.3) is 0 Å². The second-order valence-corrected chi connectivity index (χ2v) is 5.54. The quantitative estimate of drug-likeness (QED) is 0.761. The van der Waals surface area contributed by atoms with Gasteiger partial charge in [0.25, 0.3) is 0 Å². The number of hydrogen-bond acceptors (Lipinski definition) is 2. The van der Waals surface area contributed by atoms with Crippen molar-refractivity contribution < 1.29 is 0 Å². The maximum atomic E-state index is 4.64. The molecule has 2 heteroatoms. The monoisotopic (exact) mass is 222 g/mol. The van der Waals surface area contributed by atoms with Crippen LogP contribution in [0.5, 0.6) is 0 Å². The first kappa shape index (κ1) is 11.9. The van der Waals surface area contributed by atoms with Crippen LogP contribution in [-0.4, -0.2) is 18.9 Å². The van der Waals surface area contributed by atoms with Gasteiger partial charge in [-0.3, -0.25) is 4.99 Å². The summed E-state index contributed by atoms with van der Waals surface area (Å²) in [6, 6.07) is 0. The molecule has 0 aromatic heterocycles. The summed E-state index contributed by atoms with van der Waals surface area (Å²) in [4.78, 5) is 4.64. The molecule has 1 N–H and O–H groups in total. The largest absolute Gasteiger partial charge is 0.374 e. The lowest BCUT2D eigenvalue weighted by atomic mass is 9.80. The smallest absolute Gasteiger partial charge is 0.0963 e. The number of nitrogens with zero attached hydrogens (tertiary/aromatic N) is 1. The van der Waals surface area contributed by atoms with Crippen molar-refractivity contribution in [3.05, 3.63) is 0 Å². The zero-order valence-corrected chi connectivity index (χ0v) is 10.7. The molecule has 1 saturated carbocycles. The van der Waals surface area contributed by atoms with Crippen LogP contribution < -0.4 is 5.32 Å². The third-order valence-corrected chi connectivity index (χ3v) is 4.23. The number of nitrogens with one attached hydrogen (secondary N) is 1. The molecule has 0 bridgehead atoms. The lowest BCUT2D eigenvalue weighted by molar-refractivity contribution is 0.256. The molecule has 16 heavy (non-hydrogen) atoms. The van der Waals surface area contributed by atoms with E-state index in [2.05, 4.69) is 17.2 Å². The molecule has 0 radical (unpaired) electrons. The Morgan fingerprint density at radius 3 is 2.88 bits per heavy atom. The van der Waals surface area contributed by atoms with Gasteiger partial charge in [-0.1, -0.05) is 32.6 Å². The molecule has 0 aromatic rings. The van der Waals surface area contributed by atoms with Gasteiger partial charge in [0.15, 0.2) is 0 Å². The fraction of sp³-hybridized carbons (Fsp3) is 0.929. The van der Waals surface area contributed by atoms with Gasteiger partial charge in [0.2, 0.25) is 0 Å². The Balaban J connectivity index is 1.74. The van der Waals surface area contributed by atoms with Crippen molar-refractivity contribution in [3.63, 3.8) is 0 Å². The van der Waals surface area contributed by atoms with Crippen LogP contribution in [0.3, 0.4) is 0 Å². The van der Waals surface area contributed by atoms with Gasteiger partial charge < -0.3 is 5.32 Å². The minimum Gasteiger partial charge on any atom is -0.374 e. The summed E-state index contributed by atoms with van der Waals surface area (Å²) >= 11 is 0. The third-order valence-electron chi connectivity index (χ3n) is 4.23.